The van der Waals surface area contributed by atoms with Crippen molar-refractivity contribution in [1.29, 1.82) is 0 Å². The number of rotatable bonds is 3. The second kappa shape index (κ2) is 5.77. The van der Waals surface area contributed by atoms with E-state index in [1.54, 1.807) is 12.4 Å². The third-order valence-corrected chi connectivity index (χ3v) is 2.85. The molecule has 86 valence electrons. The van der Waals surface area contributed by atoms with E-state index in [1.807, 2.05) is 36.4 Å². The number of halogens is 1. The number of pyridine rings is 1. The molecule has 0 aliphatic carbocycles. The lowest BCUT2D eigenvalue weighted by molar-refractivity contribution is 0.0950. The summed E-state index contributed by atoms with van der Waals surface area (Å²) in [4.78, 5) is 15.8. The van der Waals surface area contributed by atoms with E-state index < -0.39 is 0 Å². The van der Waals surface area contributed by atoms with Gasteiger partial charge in [-0.3, -0.25) is 9.78 Å². The highest BCUT2D eigenvalue weighted by Gasteiger charge is 2.05. The van der Waals surface area contributed by atoms with Crippen LogP contribution in [0.25, 0.3) is 0 Å². The lowest BCUT2D eigenvalue weighted by Crippen LogP contribution is -2.22. The number of hydrogen-bond donors (Lipinski definition) is 1. The first kappa shape index (κ1) is 12.0. The number of nitrogens with one attached hydrogen (secondary N) is 1. The quantitative estimate of drug-likeness (QED) is 0.875. The summed E-state index contributed by atoms with van der Waals surface area (Å²) in [7, 11) is 0. The lowest BCUT2D eigenvalue weighted by Gasteiger charge is -2.05. The number of nitrogens with zero attached hydrogens (tertiary/aromatic N) is 1. The molecule has 1 aromatic carbocycles. The minimum Gasteiger partial charge on any atom is -0.348 e. The van der Waals surface area contributed by atoms with Crippen LogP contribution in [0.5, 0.6) is 0 Å². The van der Waals surface area contributed by atoms with Gasteiger partial charge >= 0.3 is 0 Å². The average Bonchev–Trinajstić information content (AvgIpc) is 2.37. The fourth-order valence-corrected chi connectivity index (χ4v) is 1.91. The Bertz CT molecular complexity index is 514. The van der Waals surface area contributed by atoms with Gasteiger partial charge in [-0.15, -0.1) is 0 Å². The summed E-state index contributed by atoms with van der Waals surface area (Å²) >= 11 is 2.14. The highest BCUT2D eigenvalue weighted by atomic mass is 127. The first-order chi connectivity index (χ1) is 8.25. The molecule has 0 fully saturated rings. The Morgan fingerprint density at radius 3 is 2.71 bits per heavy atom. The summed E-state index contributed by atoms with van der Waals surface area (Å²) in [5, 5.41) is 2.86. The summed E-state index contributed by atoms with van der Waals surface area (Å²) < 4.78 is 0.954. The third kappa shape index (κ3) is 3.52. The Hall–Kier alpha value is -1.43. The molecular weight excluding hydrogens is 327 g/mol. The molecule has 0 bridgehead atoms. The molecule has 0 radical (unpaired) electrons. The van der Waals surface area contributed by atoms with Crippen LogP contribution in [0.3, 0.4) is 0 Å². The van der Waals surface area contributed by atoms with Gasteiger partial charge in [0.25, 0.3) is 5.91 Å². The first-order valence-electron chi connectivity index (χ1n) is 5.18. The predicted molar refractivity (Wildman–Crippen MR) is 74.6 cm³/mol. The van der Waals surface area contributed by atoms with E-state index >= 15 is 0 Å². The van der Waals surface area contributed by atoms with Crippen LogP contribution in [0.15, 0.2) is 48.8 Å². The maximum Gasteiger partial charge on any atom is 0.253 e. The zero-order chi connectivity index (χ0) is 12.1. The Kier molecular flexibility index (Phi) is 4.08. The van der Waals surface area contributed by atoms with Crippen molar-refractivity contribution in [1.82, 2.24) is 10.3 Å². The van der Waals surface area contributed by atoms with Gasteiger partial charge in [-0.1, -0.05) is 30.3 Å². The van der Waals surface area contributed by atoms with E-state index in [-0.39, 0.29) is 5.91 Å². The Labute approximate surface area is 113 Å². The van der Waals surface area contributed by atoms with Crippen LogP contribution in [0, 0.1) is 3.57 Å². The second-order valence-electron chi connectivity index (χ2n) is 3.56. The summed E-state index contributed by atoms with van der Waals surface area (Å²) in [5.41, 5.74) is 1.67. The van der Waals surface area contributed by atoms with Crippen LogP contribution in [-0.2, 0) is 6.54 Å². The van der Waals surface area contributed by atoms with E-state index in [4.69, 9.17) is 0 Å². The summed E-state index contributed by atoms with van der Waals surface area (Å²) in [6.45, 7) is 0.533. The third-order valence-electron chi connectivity index (χ3n) is 2.26. The number of carbonyl (C=O) groups is 1. The molecule has 0 unspecified atom stereocenters. The first-order valence-corrected chi connectivity index (χ1v) is 6.26. The topological polar surface area (TPSA) is 42.0 Å². The number of benzene rings is 1. The van der Waals surface area contributed by atoms with Crippen LogP contribution >= 0.6 is 22.6 Å². The minimum atomic E-state index is -0.0973. The van der Waals surface area contributed by atoms with Crippen molar-refractivity contribution in [2.45, 2.75) is 6.54 Å². The monoisotopic (exact) mass is 338 g/mol. The molecule has 0 saturated carbocycles. The fraction of sp³-hybridized carbons (Fsp3) is 0.0769. The van der Waals surface area contributed by atoms with E-state index in [9.17, 15) is 4.79 Å². The molecule has 0 aliphatic rings. The highest BCUT2D eigenvalue weighted by molar-refractivity contribution is 14.1. The van der Waals surface area contributed by atoms with Crippen molar-refractivity contribution in [3.8, 4) is 0 Å². The zero-order valence-corrected chi connectivity index (χ0v) is 11.2. The van der Waals surface area contributed by atoms with E-state index in [2.05, 4.69) is 32.9 Å². The van der Waals surface area contributed by atoms with E-state index in [1.165, 1.54) is 0 Å². The van der Waals surface area contributed by atoms with Gasteiger partial charge in [-0.05, 0) is 34.2 Å². The smallest absolute Gasteiger partial charge is 0.253 e. The normalized spacial score (nSPS) is 9.94. The molecule has 4 heteroatoms. The lowest BCUT2D eigenvalue weighted by atomic mass is 10.2. The van der Waals surface area contributed by atoms with Gasteiger partial charge in [-0.2, -0.15) is 0 Å². The molecule has 0 spiro atoms. The maximum atomic E-state index is 11.8. The molecule has 17 heavy (non-hydrogen) atoms. The summed E-state index contributed by atoms with van der Waals surface area (Å²) in [5.74, 6) is -0.0973. The highest BCUT2D eigenvalue weighted by Crippen LogP contribution is 2.06. The minimum absolute atomic E-state index is 0.0973. The van der Waals surface area contributed by atoms with Crippen LogP contribution in [0.1, 0.15) is 15.9 Å². The molecule has 3 nitrogen and oxygen atoms in total. The van der Waals surface area contributed by atoms with Gasteiger partial charge in [0.05, 0.1) is 5.56 Å². The molecule has 1 heterocycles. The molecule has 2 aromatic rings. The van der Waals surface area contributed by atoms with Gasteiger partial charge < -0.3 is 5.32 Å². The number of carbonyl (C=O) groups excluding carboxylic acids is 1. The Morgan fingerprint density at radius 2 is 2.00 bits per heavy atom. The average molecular weight is 338 g/mol. The number of aromatic nitrogens is 1. The van der Waals surface area contributed by atoms with Gasteiger partial charge in [0, 0.05) is 22.5 Å². The summed E-state index contributed by atoms with van der Waals surface area (Å²) in [6, 6.07) is 11.6. The van der Waals surface area contributed by atoms with Crippen molar-refractivity contribution in [2.24, 2.45) is 0 Å². The fourth-order valence-electron chi connectivity index (χ4n) is 1.42. The molecule has 0 aliphatic heterocycles. The van der Waals surface area contributed by atoms with E-state index in [0.717, 1.165) is 9.13 Å². The summed E-state index contributed by atoms with van der Waals surface area (Å²) in [6.07, 6.45) is 3.29. The largest absolute Gasteiger partial charge is 0.348 e. The van der Waals surface area contributed by atoms with Gasteiger partial charge in [0.1, 0.15) is 0 Å². The Morgan fingerprint density at radius 1 is 1.24 bits per heavy atom. The molecule has 1 amide bonds. The molecule has 1 aromatic heterocycles. The predicted octanol–water partition coefficient (Wildman–Crippen LogP) is 2.62. The van der Waals surface area contributed by atoms with Gasteiger partial charge in [0.2, 0.25) is 0 Å². The molecule has 0 saturated heterocycles. The zero-order valence-electron chi connectivity index (χ0n) is 9.06. The van der Waals surface area contributed by atoms with Crippen LogP contribution in [0.4, 0.5) is 0 Å². The van der Waals surface area contributed by atoms with Crippen LogP contribution in [-0.4, -0.2) is 10.9 Å². The molecule has 0 atom stereocenters. The number of amides is 1. The SMILES string of the molecule is O=C(NCc1ccccc1)c1cncc(I)c1. The van der Waals surface area contributed by atoms with Crippen LogP contribution in [0.2, 0.25) is 0 Å². The van der Waals surface area contributed by atoms with Crippen LogP contribution < -0.4 is 5.32 Å². The van der Waals surface area contributed by atoms with E-state index in [0.29, 0.717) is 12.1 Å². The van der Waals surface area contributed by atoms with Crippen molar-refractivity contribution < 1.29 is 4.79 Å². The van der Waals surface area contributed by atoms with Crippen molar-refractivity contribution in [3.05, 3.63) is 63.5 Å². The Balaban J connectivity index is 1.98. The maximum absolute atomic E-state index is 11.8. The van der Waals surface area contributed by atoms with Crippen molar-refractivity contribution in [3.63, 3.8) is 0 Å². The van der Waals surface area contributed by atoms with Gasteiger partial charge in [-0.25, -0.2) is 0 Å². The van der Waals surface area contributed by atoms with Crippen molar-refractivity contribution in [2.75, 3.05) is 0 Å². The van der Waals surface area contributed by atoms with Gasteiger partial charge in [0.15, 0.2) is 0 Å². The second-order valence-corrected chi connectivity index (χ2v) is 4.81. The van der Waals surface area contributed by atoms with Crippen molar-refractivity contribution >= 4 is 28.5 Å². The standard InChI is InChI=1S/C13H11IN2O/c14-12-6-11(8-15-9-12)13(17)16-7-10-4-2-1-3-5-10/h1-6,8-9H,7H2,(H,16,17). The molecular formula is C13H11IN2O. The number of hydrogen-bond acceptors (Lipinski definition) is 2. The molecule has 1 N–H and O–H groups in total. The molecule has 2 rings (SSSR count).